The Morgan fingerprint density at radius 3 is 2.86 bits per heavy atom. The number of aryl methyl sites for hydroxylation is 2. The van der Waals surface area contributed by atoms with Crippen LogP contribution in [-0.2, 0) is 12.8 Å². The van der Waals surface area contributed by atoms with Crippen LogP contribution < -0.4 is 0 Å². The summed E-state index contributed by atoms with van der Waals surface area (Å²) in [5.41, 5.74) is 2.86. The Balaban J connectivity index is 1.74. The van der Waals surface area contributed by atoms with Crippen LogP contribution in [0.15, 0.2) is 41.7 Å². The smallest absolute Gasteiger partial charge is 0.128 e. The predicted molar refractivity (Wildman–Crippen MR) is 90.2 cm³/mol. The number of hydrogen-bond acceptors (Lipinski definition) is 4. The van der Waals surface area contributed by atoms with Gasteiger partial charge in [-0.3, -0.25) is 0 Å². The molecule has 0 aliphatic heterocycles. The topological polar surface area (TPSA) is 25.8 Å². The van der Waals surface area contributed by atoms with Crippen LogP contribution in [0, 0.1) is 0 Å². The zero-order valence-corrected chi connectivity index (χ0v) is 13.5. The first-order chi connectivity index (χ1) is 10.3. The average molecular weight is 312 g/mol. The van der Waals surface area contributed by atoms with Crippen molar-refractivity contribution in [2.24, 2.45) is 0 Å². The standard InChI is InChI=1S/C17H16N2S2/c1-11(12-6-3-2-4-7-12)20-16-15-13-8-5-9-14(13)21-17(15)19-10-18-16/h2-4,6-7,10-11H,5,8-9H2,1H3. The zero-order chi connectivity index (χ0) is 14.2. The molecule has 0 bridgehead atoms. The number of benzene rings is 1. The molecule has 0 saturated carbocycles. The van der Waals surface area contributed by atoms with E-state index in [-0.39, 0.29) is 0 Å². The molecule has 2 aromatic heterocycles. The van der Waals surface area contributed by atoms with Crippen LogP contribution in [-0.4, -0.2) is 9.97 Å². The Morgan fingerprint density at radius 1 is 1.14 bits per heavy atom. The summed E-state index contributed by atoms with van der Waals surface area (Å²) in [6.07, 6.45) is 5.41. The summed E-state index contributed by atoms with van der Waals surface area (Å²) < 4.78 is 0. The monoisotopic (exact) mass is 312 g/mol. The van der Waals surface area contributed by atoms with Crippen LogP contribution in [0.1, 0.15) is 34.6 Å². The van der Waals surface area contributed by atoms with E-state index in [0.717, 1.165) is 9.86 Å². The van der Waals surface area contributed by atoms with Crippen LogP contribution in [0.5, 0.6) is 0 Å². The van der Waals surface area contributed by atoms with Crippen molar-refractivity contribution in [3.8, 4) is 0 Å². The average Bonchev–Trinajstić information content (AvgIpc) is 3.09. The molecule has 4 rings (SSSR count). The van der Waals surface area contributed by atoms with Crippen LogP contribution in [0.25, 0.3) is 10.2 Å². The molecular weight excluding hydrogens is 296 g/mol. The molecule has 1 atom stereocenters. The van der Waals surface area contributed by atoms with Gasteiger partial charge in [0, 0.05) is 15.5 Å². The van der Waals surface area contributed by atoms with Crippen LogP contribution in [0.3, 0.4) is 0 Å². The molecular formula is C17H16N2S2. The number of thioether (sulfide) groups is 1. The molecule has 2 heterocycles. The fourth-order valence-corrected chi connectivity index (χ4v) is 5.32. The molecule has 21 heavy (non-hydrogen) atoms. The maximum atomic E-state index is 4.58. The van der Waals surface area contributed by atoms with Crippen molar-refractivity contribution in [1.29, 1.82) is 0 Å². The van der Waals surface area contributed by atoms with Crippen molar-refractivity contribution < 1.29 is 0 Å². The Morgan fingerprint density at radius 2 is 2.00 bits per heavy atom. The molecule has 0 spiro atoms. The van der Waals surface area contributed by atoms with E-state index in [1.807, 2.05) is 23.1 Å². The first-order valence-corrected chi connectivity index (χ1v) is 8.99. The second-order valence-corrected chi connectivity index (χ2v) is 7.80. The maximum Gasteiger partial charge on any atom is 0.128 e. The summed E-state index contributed by atoms with van der Waals surface area (Å²) in [5, 5.41) is 2.87. The molecule has 2 nitrogen and oxygen atoms in total. The fraction of sp³-hybridized carbons (Fsp3) is 0.294. The molecule has 1 aromatic carbocycles. The fourth-order valence-electron chi connectivity index (χ4n) is 2.95. The number of fused-ring (bicyclic) bond motifs is 3. The highest BCUT2D eigenvalue weighted by Crippen LogP contribution is 2.43. The van der Waals surface area contributed by atoms with Gasteiger partial charge in [0.05, 0.1) is 0 Å². The summed E-state index contributed by atoms with van der Waals surface area (Å²) in [6, 6.07) is 10.6. The summed E-state index contributed by atoms with van der Waals surface area (Å²) in [7, 11) is 0. The van der Waals surface area contributed by atoms with Gasteiger partial charge in [0.25, 0.3) is 0 Å². The van der Waals surface area contributed by atoms with Crippen molar-refractivity contribution in [3.63, 3.8) is 0 Å². The molecule has 0 N–H and O–H groups in total. The van der Waals surface area contributed by atoms with Gasteiger partial charge < -0.3 is 0 Å². The lowest BCUT2D eigenvalue weighted by Crippen LogP contribution is -1.92. The highest BCUT2D eigenvalue weighted by Gasteiger charge is 2.22. The quantitative estimate of drug-likeness (QED) is 0.501. The minimum atomic E-state index is 0.404. The van der Waals surface area contributed by atoms with Gasteiger partial charge in [0.2, 0.25) is 0 Å². The van der Waals surface area contributed by atoms with E-state index in [1.165, 1.54) is 40.7 Å². The third-order valence-electron chi connectivity index (χ3n) is 4.02. The van der Waals surface area contributed by atoms with Crippen molar-refractivity contribution >= 4 is 33.3 Å². The third kappa shape index (κ3) is 2.36. The number of thiophene rings is 1. The molecule has 4 heteroatoms. The Hall–Kier alpha value is -1.39. The molecule has 3 aromatic rings. The third-order valence-corrected chi connectivity index (χ3v) is 6.38. The van der Waals surface area contributed by atoms with E-state index >= 15 is 0 Å². The van der Waals surface area contributed by atoms with Crippen LogP contribution in [0.2, 0.25) is 0 Å². The van der Waals surface area contributed by atoms with E-state index in [2.05, 4.69) is 47.2 Å². The van der Waals surface area contributed by atoms with Crippen molar-refractivity contribution in [1.82, 2.24) is 9.97 Å². The molecule has 1 aliphatic carbocycles. The van der Waals surface area contributed by atoms with Gasteiger partial charge in [0.1, 0.15) is 16.2 Å². The molecule has 106 valence electrons. The van der Waals surface area contributed by atoms with Crippen molar-refractivity contribution in [3.05, 3.63) is 52.7 Å². The number of hydrogen-bond donors (Lipinski definition) is 0. The number of rotatable bonds is 3. The first-order valence-electron chi connectivity index (χ1n) is 7.30. The maximum absolute atomic E-state index is 4.58. The Bertz CT molecular complexity index is 780. The van der Waals surface area contributed by atoms with Gasteiger partial charge in [-0.1, -0.05) is 42.1 Å². The van der Waals surface area contributed by atoms with Gasteiger partial charge in [-0.2, -0.15) is 0 Å². The lowest BCUT2D eigenvalue weighted by molar-refractivity contribution is 0.915. The largest absolute Gasteiger partial charge is 0.229 e. The number of aromatic nitrogens is 2. The lowest BCUT2D eigenvalue weighted by atomic mass is 10.2. The highest BCUT2D eigenvalue weighted by atomic mass is 32.2. The summed E-state index contributed by atoms with van der Waals surface area (Å²) in [5.74, 6) is 0. The number of nitrogens with zero attached hydrogens (tertiary/aromatic N) is 2. The minimum Gasteiger partial charge on any atom is -0.229 e. The molecule has 0 radical (unpaired) electrons. The predicted octanol–water partition coefficient (Wildman–Crippen LogP) is 5.03. The van der Waals surface area contributed by atoms with Crippen molar-refractivity contribution in [2.75, 3.05) is 0 Å². The highest BCUT2D eigenvalue weighted by molar-refractivity contribution is 7.99. The zero-order valence-electron chi connectivity index (χ0n) is 11.9. The minimum absolute atomic E-state index is 0.404. The molecule has 0 amide bonds. The summed E-state index contributed by atoms with van der Waals surface area (Å²) >= 11 is 3.71. The van der Waals surface area contributed by atoms with Crippen LogP contribution in [0.4, 0.5) is 0 Å². The molecule has 0 fully saturated rings. The van der Waals surface area contributed by atoms with E-state index in [4.69, 9.17) is 0 Å². The lowest BCUT2D eigenvalue weighted by Gasteiger charge is -2.11. The van der Waals surface area contributed by atoms with Gasteiger partial charge in [-0.05, 0) is 37.3 Å². The SMILES string of the molecule is CC(Sc1ncnc2sc3c(c12)CCC3)c1ccccc1. The normalized spacial score (nSPS) is 15.3. The van der Waals surface area contributed by atoms with Crippen molar-refractivity contribution in [2.45, 2.75) is 36.5 Å². The second-order valence-electron chi connectivity index (χ2n) is 5.39. The van der Waals surface area contributed by atoms with Gasteiger partial charge in [0.15, 0.2) is 0 Å². The van der Waals surface area contributed by atoms with Gasteiger partial charge in [-0.15, -0.1) is 11.3 Å². The summed E-state index contributed by atoms with van der Waals surface area (Å²) in [6.45, 7) is 2.25. The van der Waals surface area contributed by atoms with E-state index in [0.29, 0.717) is 5.25 Å². The second kappa shape index (κ2) is 5.43. The van der Waals surface area contributed by atoms with E-state index in [9.17, 15) is 0 Å². The van der Waals surface area contributed by atoms with E-state index < -0.39 is 0 Å². The molecule has 1 unspecified atom stereocenters. The van der Waals surface area contributed by atoms with Gasteiger partial charge >= 0.3 is 0 Å². The molecule has 0 saturated heterocycles. The Kier molecular flexibility index (Phi) is 3.43. The van der Waals surface area contributed by atoms with Gasteiger partial charge in [-0.25, -0.2) is 9.97 Å². The Labute approximate surface area is 132 Å². The molecule has 1 aliphatic rings. The van der Waals surface area contributed by atoms with Crippen LogP contribution >= 0.6 is 23.1 Å². The summed E-state index contributed by atoms with van der Waals surface area (Å²) in [4.78, 5) is 11.8. The van der Waals surface area contributed by atoms with E-state index in [1.54, 1.807) is 6.33 Å². The first kappa shape index (κ1) is 13.3.